The molecule has 0 saturated carbocycles. The Bertz CT molecular complexity index is 291. The Morgan fingerprint density at radius 2 is 2.42 bits per heavy atom. The van der Waals surface area contributed by atoms with Crippen LogP contribution in [0.5, 0.6) is 0 Å². The molecule has 4 heteroatoms. The molecule has 0 aromatic carbocycles. The zero-order valence-electron chi connectivity index (χ0n) is 6.85. The standard InChI is InChI=1S/C8H10Cl2N2/c1-3-12-5-11-8(10)7(12)6(2)4-9/h5H,2-4H2,1H3. The van der Waals surface area contributed by atoms with E-state index in [1.165, 1.54) is 0 Å². The summed E-state index contributed by atoms with van der Waals surface area (Å²) in [5.41, 5.74) is 1.65. The number of imidazole rings is 1. The molecule has 1 aromatic heterocycles. The second-order valence-corrected chi connectivity index (χ2v) is 3.03. The number of halogens is 2. The highest BCUT2D eigenvalue weighted by Crippen LogP contribution is 2.22. The highest BCUT2D eigenvalue weighted by molar-refractivity contribution is 6.32. The van der Waals surface area contributed by atoms with Crippen LogP contribution >= 0.6 is 23.2 Å². The zero-order chi connectivity index (χ0) is 9.14. The van der Waals surface area contributed by atoms with Crippen molar-refractivity contribution in [3.8, 4) is 0 Å². The van der Waals surface area contributed by atoms with Crippen LogP contribution in [0.4, 0.5) is 0 Å². The third-order valence-electron chi connectivity index (χ3n) is 1.63. The van der Waals surface area contributed by atoms with Gasteiger partial charge in [-0.3, -0.25) is 0 Å². The van der Waals surface area contributed by atoms with Gasteiger partial charge in [0, 0.05) is 12.4 Å². The first-order valence-electron chi connectivity index (χ1n) is 3.65. The molecule has 0 saturated heterocycles. The van der Waals surface area contributed by atoms with E-state index in [0.29, 0.717) is 11.0 Å². The summed E-state index contributed by atoms with van der Waals surface area (Å²) in [7, 11) is 0. The first-order valence-corrected chi connectivity index (χ1v) is 4.56. The van der Waals surface area contributed by atoms with Gasteiger partial charge in [0.25, 0.3) is 0 Å². The van der Waals surface area contributed by atoms with E-state index < -0.39 is 0 Å². The number of hydrogen-bond acceptors (Lipinski definition) is 1. The normalized spacial score (nSPS) is 10.2. The smallest absolute Gasteiger partial charge is 0.154 e. The predicted molar refractivity (Wildman–Crippen MR) is 52.7 cm³/mol. The van der Waals surface area contributed by atoms with Crippen molar-refractivity contribution in [2.75, 3.05) is 5.88 Å². The molecule has 2 nitrogen and oxygen atoms in total. The lowest BCUT2D eigenvalue weighted by Gasteiger charge is -2.05. The maximum Gasteiger partial charge on any atom is 0.154 e. The maximum absolute atomic E-state index is 5.85. The van der Waals surface area contributed by atoms with Crippen molar-refractivity contribution in [1.29, 1.82) is 0 Å². The van der Waals surface area contributed by atoms with Crippen LogP contribution in [0.15, 0.2) is 12.9 Å². The van der Waals surface area contributed by atoms with E-state index in [2.05, 4.69) is 11.6 Å². The second kappa shape index (κ2) is 3.97. The van der Waals surface area contributed by atoms with Crippen LogP contribution in [0, 0.1) is 0 Å². The quantitative estimate of drug-likeness (QED) is 0.693. The topological polar surface area (TPSA) is 17.8 Å². The molecule has 0 unspecified atom stereocenters. The number of allylic oxidation sites excluding steroid dienone is 1. The summed E-state index contributed by atoms with van der Waals surface area (Å²) in [6.45, 7) is 6.65. The lowest BCUT2D eigenvalue weighted by atomic mass is 10.2. The third-order valence-corrected chi connectivity index (χ3v) is 2.23. The number of alkyl halides is 1. The van der Waals surface area contributed by atoms with Crippen LogP contribution in [0.25, 0.3) is 5.57 Å². The van der Waals surface area contributed by atoms with Crippen LogP contribution in [0.2, 0.25) is 5.15 Å². The largest absolute Gasteiger partial charge is 0.330 e. The van der Waals surface area contributed by atoms with E-state index in [9.17, 15) is 0 Å². The van der Waals surface area contributed by atoms with E-state index in [1.54, 1.807) is 6.33 Å². The van der Waals surface area contributed by atoms with Crippen molar-refractivity contribution in [3.63, 3.8) is 0 Å². The summed E-state index contributed by atoms with van der Waals surface area (Å²) >= 11 is 11.5. The molecule has 0 aliphatic rings. The summed E-state index contributed by atoms with van der Waals surface area (Å²) in [6, 6.07) is 0. The Morgan fingerprint density at radius 3 is 2.92 bits per heavy atom. The molecule has 1 rings (SSSR count). The van der Waals surface area contributed by atoms with E-state index in [1.807, 2.05) is 11.5 Å². The summed E-state index contributed by atoms with van der Waals surface area (Å²) in [5.74, 6) is 0.380. The van der Waals surface area contributed by atoms with E-state index in [4.69, 9.17) is 23.2 Å². The summed E-state index contributed by atoms with van der Waals surface area (Å²) in [6.07, 6.45) is 1.69. The molecule has 0 aliphatic heterocycles. The van der Waals surface area contributed by atoms with Crippen LogP contribution in [0.3, 0.4) is 0 Å². The molecule has 0 bridgehead atoms. The fraction of sp³-hybridized carbons (Fsp3) is 0.375. The lowest BCUT2D eigenvalue weighted by Crippen LogP contribution is -1.98. The Hall–Kier alpha value is -0.470. The minimum absolute atomic E-state index is 0.380. The van der Waals surface area contributed by atoms with Crippen molar-refractivity contribution in [2.45, 2.75) is 13.5 Å². The molecule has 0 atom stereocenters. The molecular weight excluding hydrogens is 195 g/mol. The SMILES string of the molecule is C=C(CCl)c1c(Cl)ncn1CC. The van der Waals surface area contributed by atoms with Gasteiger partial charge >= 0.3 is 0 Å². The number of rotatable bonds is 3. The first kappa shape index (κ1) is 9.62. The van der Waals surface area contributed by atoms with Crippen molar-refractivity contribution >= 4 is 28.8 Å². The molecular formula is C8H10Cl2N2. The fourth-order valence-corrected chi connectivity index (χ4v) is 1.42. The van der Waals surface area contributed by atoms with E-state index in [0.717, 1.165) is 17.8 Å². The van der Waals surface area contributed by atoms with Gasteiger partial charge in [-0.05, 0) is 12.5 Å². The molecule has 0 amide bonds. The van der Waals surface area contributed by atoms with Crippen LogP contribution in [-0.2, 0) is 6.54 Å². The van der Waals surface area contributed by atoms with E-state index >= 15 is 0 Å². The number of hydrogen-bond donors (Lipinski definition) is 0. The van der Waals surface area contributed by atoms with Crippen molar-refractivity contribution in [2.24, 2.45) is 0 Å². The molecule has 1 aromatic rings. The molecule has 0 spiro atoms. The van der Waals surface area contributed by atoms with Gasteiger partial charge in [0.1, 0.15) is 0 Å². The Kier molecular flexibility index (Phi) is 3.18. The minimum atomic E-state index is 0.380. The lowest BCUT2D eigenvalue weighted by molar-refractivity contribution is 0.751. The van der Waals surface area contributed by atoms with E-state index in [-0.39, 0.29) is 0 Å². The number of nitrogens with zero attached hydrogens (tertiary/aromatic N) is 2. The highest BCUT2D eigenvalue weighted by Gasteiger charge is 2.09. The van der Waals surface area contributed by atoms with Crippen LogP contribution in [0.1, 0.15) is 12.6 Å². The Balaban J connectivity index is 3.10. The van der Waals surface area contributed by atoms with Crippen molar-refractivity contribution in [1.82, 2.24) is 9.55 Å². The molecule has 1 heterocycles. The highest BCUT2D eigenvalue weighted by atomic mass is 35.5. The fourth-order valence-electron chi connectivity index (χ4n) is 1.01. The predicted octanol–water partition coefficient (Wildman–Crippen LogP) is 2.81. The summed E-state index contributed by atoms with van der Waals surface area (Å²) < 4.78 is 1.92. The molecule has 0 radical (unpaired) electrons. The first-order chi connectivity index (χ1) is 5.70. The molecule has 0 aliphatic carbocycles. The molecule has 0 N–H and O–H groups in total. The van der Waals surface area contributed by atoms with Crippen LogP contribution < -0.4 is 0 Å². The molecule has 0 fully saturated rings. The van der Waals surface area contributed by atoms with Gasteiger partial charge in [-0.1, -0.05) is 18.2 Å². The Morgan fingerprint density at radius 1 is 1.75 bits per heavy atom. The molecule has 66 valence electrons. The zero-order valence-corrected chi connectivity index (χ0v) is 8.36. The van der Waals surface area contributed by atoms with Crippen molar-refractivity contribution < 1.29 is 0 Å². The minimum Gasteiger partial charge on any atom is -0.330 e. The van der Waals surface area contributed by atoms with Gasteiger partial charge in [0.2, 0.25) is 0 Å². The van der Waals surface area contributed by atoms with Gasteiger partial charge < -0.3 is 4.57 Å². The second-order valence-electron chi connectivity index (χ2n) is 2.41. The average Bonchev–Trinajstić information content (AvgIpc) is 2.45. The van der Waals surface area contributed by atoms with Gasteiger partial charge in [0.15, 0.2) is 5.15 Å². The van der Waals surface area contributed by atoms with Gasteiger partial charge in [0.05, 0.1) is 12.0 Å². The van der Waals surface area contributed by atoms with Crippen molar-refractivity contribution in [3.05, 3.63) is 23.8 Å². The van der Waals surface area contributed by atoms with Crippen LogP contribution in [-0.4, -0.2) is 15.4 Å². The Labute approximate surface area is 81.8 Å². The number of aryl methyl sites for hydroxylation is 1. The summed E-state index contributed by atoms with van der Waals surface area (Å²) in [5, 5.41) is 0.475. The number of aromatic nitrogens is 2. The van der Waals surface area contributed by atoms with Gasteiger partial charge in [-0.2, -0.15) is 0 Å². The van der Waals surface area contributed by atoms with Gasteiger partial charge in [-0.15, -0.1) is 11.6 Å². The third kappa shape index (κ3) is 1.65. The maximum atomic E-state index is 5.85. The molecule has 12 heavy (non-hydrogen) atoms. The monoisotopic (exact) mass is 204 g/mol. The average molecular weight is 205 g/mol. The van der Waals surface area contributed by atoms with Gasteiger partial charge in [-0.25, -0.2) is 4.98 Å². The summed E-state index contributed by atoms with van der Waals surface area (Å²) in [4.78, 5) is 3.97.